The molecule has 1 heterocycles. The molecule has 0 N–H and O–H groups in total. The molecule has 1 aliphatic rings. The molecule has 0 unspecified atom stereocenters. The molecule has 2 rings (SSSR count). The maximum atomic E-state index is 11.1. The van der Waals surface area contributed by atoms with E-state index in [1.165, 1.54) is 30.5 Å². The van der Waals surface area contributed by atoms with Gasteiger partial charge in [-0.05, 0) is 25.3 Å². The Bertz CT molecular complexity index is 357. The number of hydrogen-bond acceptors (Lipinski definition) is 1. The van der Waals surface area contributed by atoms with Gasteiger partial charge in [0.1, 0.15) is 0 Å². The van der Waals surface area contributed by atoms with Gasteiger partial charge in [0.15, 0.2) is 17.7 Å². The van der Waals surface area contributed by atoms with Gasteiger partial charge >= 0.3 is 0 Å². The van der Waals surface area contributed by atoms with Crippen LogP contribution in [0.5, 0.6) is 0 Å². The highest BCUT2D eigenvalue weighted by Crippen LogP contribution is 2.17. The van der Waals surface area contributed by atoms with E-state index in [2.05, 4.69) is 10.6 Å². The van der Waals surface area contributed by atoms with Gasteiger partial charge in [0.2, 0.25) is 6.54 Å². The molecule has 0 aliphatic heterocycles. The molecule has 2 heteroatoms. The van der Waals surface area contributed by atoms with Crippen LogP contribution in [0.4, 0.5) is 0 Å². The Morgan fingerprint density at radius 3 is 3.00 bits per heavy atom. The molecule has 0 fully saturated rings. The number of pyridine rings is 1. The zero-order chi connectivity index (χ0) is 9.97. The molecule has 0 bridgehead atoms. The molecule has 1 aliphatic carbocycles. The van der Waals surface area contributed by atoms with Crippen LogP contribution in [0.1, 0.15) is 31.0 Å². The van der Waals surface area contributed by atoms with Crippen LogP contribution in [-0.4, -0.2) is 5.78 Å². The summed E-state index contributed by atoms with van der Waals surface area (Å²) in [7, 11) is 0. The number of hydrogen-bond donors (Lipinski definition) is 0. The van der Waals surface area contributed by atoms with E-state index in [-0.39, 0.29) is 5.78 Å². The van der Waals surface area contributed by atoms with Crippen molar-refractivity contribution in [2.45, 2.75) is 39.2 Å². The molecule has 0 amide bonds. The molecular weight excluding hydrogens is 174 g/mol. The smallest absolute Gasteiger partial charge is 0.206 e. The maximum Gasteiger partial charge on any atom is 0.206 e. The van der Waals surface area contributed by atoms with Crippen molar-refractivity contribution in [2.24, 2.45) is 0 Å². The number of rotatable bonds is 2. The van der Waals surface area contributed by atoms with Gasteiger partial charge < -0.3 is 0 Å². The highest BCUT2D eigenvalue weighted by Gasteiger charge is 2.19. The number of nitrogens with zero attached hydrogens (tertiary/aromatic N) is 1. The summed E-state index contributed by atoms with van der Waals surface area (Å²) in [4.78, 5) is 11.1. The van der Waals surface area contributed by atoms with Gasteiger partial charge in [0.05, 0.1) is 0 Å². The Labute approximate surface area is 84.6 Å². The molecule has 1 aromatic heterocycles. The Balaban J connectivity index is 2.35. The third-order valence-electron chi connectivity index (χ3n) is 2.78. The largest absolute Gasteiger partial charge is 0.293 e. The van der Waals surface area contributed by atoms with E-state index in [0.717, 1.165) is 6.42 Å². The van der Waals surface area contributed by atoms with Gasteiger partial charge in [-0.1, -0.05) is 0 Å². The minimum atomic E-state index is 0.231. The van der Waals surface area contributed by atoms with E-state index in [9.17, 15) is 4.79 Å². The number of ketones is 1. The van der Waals surface area contributed by atoms with Crippen LogP contribution in [-0.2, 0) is 24.2 Å². The Hall–Kier alpha value is -1.18. The SMILES string of the molecule is CC(=O)C[n+]1cccc2c1CCCC2. The number of carbonyl (C=O) groups excluding carboxylic acids is 1. The first-order valence-corrected chi connectivity index (χ1v) is 5.27. The lowest BCUT2D eigenvalue weighted by molar-refractivity contribution is -0.692. The zero-order valence-electron chi connectivity index (χ0n) is 8.62. The van der Waals surface area contributed by atoms with Gasteiger partial charge in [-0.3, -0.25) is 4.79 Å². The van der Waals surface area contributed by atoms with Crippen molar-refractivity contribution in [3.05, 3.63) is 29.6 Å². The van der Waals surface area contributed by atoms with Crippen LogP contribution in [0.25, 0.3) is 0 Å². The first-order chi connectivity index (χ1) is 6.77. The topological polar surface area (TPSA) is 20.9 Å². The fourth-order valence-corrected chi connectivity index (χ4v) is 2.16. The molecule has 0 aromatic carbocycles. The van der Waals surface area contributed by atoms with Crippen molar-refractivity contribution < 1.29 is 9.36 Å². The van der Waals surface area contributed by atoms with E-state index in [1.54, 1.807) is 6.92 Å². The summed E-state index contributed by atoms with van der Waals surface area (Å²) in [5.74, 6) is 0.231. The summed E-state index contributed by atoms with van der Waals surface area (Å²) in [6.45, 7) is 2.18. The van der Waals surface area contributed by atoms with E-state index in [0.29, 0.717) is 6.54 Å². The summed E-state index contributed by atoms with van der Waals surface area (Å²) < 4.78 is 2.11. The van der Waals surface area contributed by atoms with Crippen LogP contribution in [0, 0.1) is 0 Å². The van der Waals surface area contributed by atoms with Gasteiger partial charge in [-0.25, -0.2) is 0 Å². The molecule has 0 radical (unpaired) electrons. The minimum absolute atomic E-state index is 0.231. The number of aromatic nitrogens is 1. The lowest BCUT2D eigenvalue weighted by Crippen LogP contribution is -2.42. The van der Waals surface area contributed by atoms with Gasteiger partial charge in [-0.2, -0.15) is 4.57 Å². The Morgan fingerprint density at radius 1 is 1.43 bits per heavy atom. The number of aryl methyl sites for hydroxylation is 1. The molecular formula is C12H16NO+. The first-order valence-electron chi connectivity index (χ1n) is 5.27. The van der Waals surface area contributed by atoms with Crippen LogP contribution < -0.4 is 4.57 Å². The zero-order valence-corrected chi connectivity index (χ0v) is 8.62. The highest BCUT2D eigenvalue weighted by atomic mass is 16.1. The third kappa shape index (κ3) is 1.84. The quantitative estimate of drug-likeness (QED) is 0.646. The maximum absolute atomic E-state index is 11.1. The predicted octanol–water partition coefficient (Wildman–Crippen LogP) is 1.44. The summed E-state index contributed by atoms with van der Waals surface area (Å²) in [6, 6.07) is 4.23. The van der Waals surface area contributed by atoms with E-state index < -0.39 is 0 Å². The van der Waals surface area contributed by atoms with Crippen LogP contribution in [0.2, 0.25) is 0 Å². The third-order valence-corrected chi connectivity index (χ3v) is 2.78. The average Bonchev–Trinajstić information content (AvgIpc) is 2.18. The van der Waals surface area contributed by atoms with Crippen molar-refractivity contribution in [1.29, 1.82) is 0 Å². The normalized spacial score (nSPS) is 14.9. The lowest BCUT2D eigenvalue weighted by Gasteiger charge is -2.12. The van der Waals surface area contributed by atoms with Crippen molar-refractivity contribution in [1.82, 2.24) is 0 Å². The van der Waals surface area contributed by atoms with Crippen molar-refractivity contribution >= 4 is 5.78 Å². The first kappa shape index (κ1) is 9.38. The van der Waals surface area contributed by atoms with Crippen LogP contribution in [0.3, 0.4) is 0 Å². The minimum Gasteiger partial charge on any atom is -0.293 e. The van der Waals surface area contributed by atoms with Crippen molar-refractivity contribution in [3.8, 4) is 0 Å². The Kier molecular flexibility index (Phi) is 2.62. The monoisotopic (exact) mass is 190 g/mol. The van der Waals surface area contributed by atoms with E-state index in [4.69, 9.17) is 0 Å². The summed E-state index contributed by atoms with van der Waals surface area (Å²) in [6.07, 6.45) is 6.87. The number of Topliss-reactive ketones (excluding diaryl/α,β-unsaturated/α-hetero) is 1. The van der Waals surface area contributed by atoms with Crippen LogP contribution in [0.15, 0.2) is 18.3 Å². The molecule has 0 atom stereocenters. The van der Waals surface area contributed by atoms with E-state index >= 15 is 0 Å². The van der Waals surface area contributed by atoms with Crippen molar-refractivity contribution in [2.75, 3.05) is 0 Å². The fourth-order valence-electron chi connectivity index (χ4n) is 2.16. The molecule has 0 spiro atoms. The van der Waals surface area contributed by atoms with Crippen LogP contribution >= 0.6 is 0 Å². The second-order valence-corrected chi connectivity index (χ2v) is 4.02. The number of carbonyl (C=O) groups is 1. The predicted molar refractivity (Wildman–Crippen MR) is 54.0 cm³/mol. The fraction of sp³-hybridized carbons (Fsp3) is 0.500. The summed E-state index contributed by atoms with van der Waals surface area (Å²) in [5.41, 5.74) is 2.80. The van der Waals surface area contributed by atoms with E-state index in [1.807, 2.05) is 12.3 Å². The molecule has 14 heavy (non-hydrogen) atoms. The molecule has 1 aromatic rings. The van der Waals surface area contributed by atoms with Gasteiger partial charge in [0, 0.05) is 25.0 Å². The summed E-state index contributed by atoms with van der Waals surface area (Å²) in [5, 5.41) is 0. The Morgan fingerprint density at radius 2 is 2.21 bits per heavy atom. The van der Waals surface area contributed by atoms with Gasteiger partial charge in [-0.15, -0.1) is 0 Å². The number of fused-ring (bicyclic) bond motifs is 1. The molecule has 74 valence electrons. The molecule has 0 saturated heterocycles. The van der Waals surface area contributed by atoms with Crippen molar-refractivity contribution in [3.63, 3.8) is 0 Å². The lowest BCUT2D eigenvalue weighted by atomic mass is 9.96. The average molecular weight is 190 g/mol. The van der Waals surface area contributed by atoms with Gasteiger partial charge in [0.25, 0.3) is 0 Å². The highest BCUT2D eigenvalue weighted by molar-refractivity contribution is 5.73. The second-order valence-electron chi connectivity index (χ2n) is 4.02. The molecule has 2 nitrogen and oxygen atoms in total. The molecule has 0 saturated carbocycles. The standard InChI is InChI=1S/C12H16NO/c1-10(14)9-13-8-4-6-11-5-2-3-7-12(11)13/h4,6,8H,2-3,5,7,9H2,1H3/q+1. The second kappa shape index (κ2) is 3.91. The summed E-state index contributed by atoms with van der Waals surface area (Å²) >= 11 is 0.